The van der Waals surface area contributed by atoms with Crippen LogP contribution in [-0.2, 0) is 4.74 Å². The third-order valence-electron chi connectivity index (χ3n) is 2.26. The first-order valence-electron chi connectivity index (χ1n) is 5.54. The molecule has 0 aliphatic carbocycles. The van der Waals surface area contributed by atoms with Crippen LogP contribution in [0.4, 0.5) is 0 Å². The van der Waals surface area contributed by atoms with Crippen molar-refractivity contribution in [2.24, 2.45) is 0 Å². The molecular formula is C13H18O5. The topological polar surface area (TPSA) is 54.0 Å². The van der Waals surface area contributed by atoms with Gasteiger partial charge in [0.05, 0.1) is 27.4 Å². The van der Waals surface area contributed by atoms with Crippen molar-refractivity contribution < 1.29 is 23.7 Å². The zero-order valence-corrected chi connectivity index (χ0v) is 11.3. The predicted octanol–water partition coefficient (Wildman–Crippen LogP) is 2.28. The highest BCUT2D eigenvalue weighted by atomic mass is 16.5. The molecule has 0 aromatic heterocycles. The van der Waals surface area contributed by atoms with Gasteiger partial charge in [0.25, 0.3) is 0 Å². The minimum absolute atomic E-state index is 0.214. The van der Waals surface area contributed by atoms with Crippen LogP contribution in [0.2, 0.25) is 0 Å². The van der Waals surface area contributed by atoms with Gasteiger partial charge in [0.2, 0.25) is 0 Å². The van der Waals surface area contributed by atoms with Gasteiger partial charge in [-0.15, -0.1) is 0 Å². The summed E-state index contributed by atoms with van der Waals surface area (Å²) in [5.41, 5.74) is 0.259. The molecular weight excluding hydrogens is 236 g/mol. The van der Waals surface area contributed by atoms with Crippen molar-refractivity contribution in [1.82, 2.24) is 0 Å². The van der Waals surface area contributed by atoms with Crippen LogP contribution in [0.1, 0.15) is 24.2 Å². The largest absolute Gasteiger partial charge is 0.496 e. The second-order valence-corrected chi connectivity index (χ2v) is 3.86. The molecule has 18 heavy (non-hydrogen) atoms. The van der Waals surface area contributed by atoms with Gasteiger partial charge < -0.3 is 18.9 Å². The van der Waals surface area contributed by atoms with Crippen LogP contribution in [0.15, 0.2) is 12.1 Å². The van der Waals surface area contributed by atoms with E-state index >= 15 is 0 Å². The lowest BCUT2D eigenvalue weighted by Crippen LogP contribution is -2.14. The summed E-state index contributed by atoms with van der Waals surface area (Å²) in [6, 6.07) is 3.22. The van der Waals surface area contributed by atoms with Crippen LogP contribution in [0.5, 0.6) is 17.2 Å². The third kappa shape index (κ3) is 3.06. The first-order valence-corrected chi connectivity index (χ1v) is 5.54. The van der Waals surface area contributed by atoms with Gasteiger partial charge in [-0.3, -0.25) is 0 Å². The molecule has 0 saturated heterocycles. The summed E-state index contributed by atoms with van der Waals surface area (Å²) in [4.78, 5) is 12.0. The Bertz CT molecular complexity index is 400. The minimum atomic E-state index is -0.485. The van der Waals surface area contributed by atoms with Gasteiger partial charge in [-0.05, 0) is 13.8 Å². The fourth-order valence-electron chi connectivity index (χ4n) is 1.48. The molecule has 0 unspecified atom stereocenters. The SMILES string of the molecule is COc1cc(OC)c(C(=O)OC(C)C)c(OC)c1. The molecule has 0 radical (unpaired) electrons. The van der Waals surface area contributed by atoms with Gasteiger partial charge in [0.15, 0.2) is 0 Å². The zero-order chi connectivity index (χ0) is 13.7. The molecule has 0 atom stereocenters. The van der Waals surface area contributed by atoms with Crippen LogP contribution < -0.4 is 14.2 Å². The summed E-state index contributed by atoms with van der Waals surface area (Å²) in [6.07, 6.45) is -0.214. The summed E-state index contributed by atoms with van der Waals surface area (Å²) in [5.74, 6) is 0.778. The maximum Gasteiger partial charge on any atom is 0.346 e. The summed E-state index contributed by atoms with van der Waals surface area (Å²) in [7, 11) is 4.47. The van der Waals surface area contributed by atoms with Crippen LogP contribution in [-0.4, -0.2) is 33.4 Å². The monoisotopic (exact) mass is 254 g/mol. The Kier molecular flexibility index (Phi) is 4.83. The number of carbonyl (C=O) groups is 1. The summed E-state index contributed by atoms with van der Waals surface area (Å²) in [5, 5.41) is 0. The molecule has 0 aliphatic heterocycles. The number of methoxy groups -OCH3 is 3. The maximum absolute atomic E-state index is 12.0. The van der Waals surface area contributed by atoms with Crippen LogP contribution in [0.25, 0.3) is 0 Å². The number of esters is 1. The second-order valence-electron chi connectivity index (χ2n) is 3.86. The van der Waals surface area contributed by atoms with E-state index in [1.165, 1.54) is 21.3 Å². The van der Waals surface area contributed by atoms with E-state index in [4.69, 9.17) is 18.9 Å². The summed E-state index contributed by atoms with van der Waals surface area (Å²) in [6.45, 7) is 3.56. The van der Waals surface area contributed by atoms with Gasteiger partial charge in [0.1, 0.15) is 22.8 Å². The third-order valence-corrected chi connectivity index (χ3v) is 2.26. The van der Waals surface area contributed by atoms with Crippen molar-refractivity contribution >= 4 is 5.97 Å². The quantitative estimate of drug-likeness (QED) is 0.754. The molecule has 0 saturated carbocycles. The Balaban J connectivity index is 3.26. The van der Waals surface area contributed by atoms with Crippen molar-refractivity contribution in [2.75, 3.05) is 21.3 Å². The number of rotatable bonds is 5. The van der Waals surface area contributed by atoms with Crippen LogP contribution >= 0.6 is 0 Å². The van der Waals surface area contributed by atoms with Crippen molar-refractivity contribution in [1.29, 1.82) is 0 Å². The lowest BCUT2D eigenvalue weighted by Gasteiger charge is -2.15. The van der Waals surface area contributed by atoms with E-state index < -0.39 is 5.97 Å². The van der Waals surface area contributed by atoms with Gasteiger partial charge in [0, 0.05) is 12.1 Å². The number of ether oxygens (including phenoxy) is 4. The molecule has 1 rings (SSSR count). The second kappa shape index (κ2) is 6.14. The number of hydrogen-bond acceptors (Lipinski definition) is 5. The Hall–Kier alpha value is -1.91. The molecule has 5 heteroatoms. The Morgan fingerprint density at radius 2 is 1.50 bits per heavy atom. The van der Waals surface area contributed by atoms with Crippen LogP contribution in [0.3, 0.4) is 0 Å². The summed E-state index contributed by atoms with van der Waals surface area (Å²) >= 11 is 0. The normalized spacial score (nSPS) is 10.1. The highest BCUT2D eigenvalue weighted by Crippen LogP contribution is 2.34. The van der Waals surface area contributed by atoms with E-state index in [1.807, 2.05) is 0 Å². The van der Waals surface area contributed by atoms with Crippen molar-refractivity contribution in [3.05, 3.63) is 17.7 Å². The van der Waals surface area contributed by atoms with E-state index in [2.05, 4.69) is 0 Å². The molecule has 0 fully saturated rings. The fraction of sp³-hybridized carbons (Fsp3) is 0.462. The fourth-order valence-corrected chi connectivity index (χ4v) is 1.48. The molecule has 0 N–H and O–H groups in total. The maximum atomic E-state index is 12.0. The molecule has 0 heterocycles. The molecule has 0 amide bonds. The van der Waals surface area contributed by atoms with E-state index in [0.717, 1.165) is 0 Å². The van der Waals surface area contributed by atoms with E-state index in [9.17, 15) is 4.79 Å². The Morgan fingerprint density at radius 3 is 1.83 bits per heavy atom. The van der Waals surface area contributed by atoms with Crippen molar-refractivity contribution in [3.8, 4) is 17.2 Å². The average Bonchev–Trinajstić information content (AvgIpc) is 2.35. The van der Waals surface area contributed by atoms with Gasteiger partial charge in [-0.1, -0.05) is 0 Å². The van der Waals surface area contributed by atoms with E-state index in [0.29, 0.717) is 17.2 Å². The molecule has 100 valence electrons. The molecule has 1 aromatic carbocycles. The lowest BCUT2D eigenvalue weighted by molar-refractivity contribution is 0.0370. The number of hydrogen-bond donors (Lipinski definition) is 0. The minimum Gasteiger partial charge on any atom is -0.496 e. The Morgan fingerprint density at radius 1 is 1.00 bits per heavy atom. The van der Waals surface area contributed by atoms with Crippen LogP contribution in [0, 0.1) is 0 Å². The zero-order valence-electron chi connectivity index (χ0n) is 11.3. The highest BCUT2D eigenvalue weighted by Gasteiger charge is 2.22. The molecule has 0 aliphatic rings. The molecule has 0 bridgehead atoms. The standard InChI is InChI=1S/C13H18O5/c1-8(2)18-13(14)12-10(16-4)6-9(15-3)7-11(12)17-5/h6-8H,1-5H3. The number of carbonyl (C=O) groups excluding carboxylic acids is 1. The van der Waals surface area contributed by atoms with Gasteiger partial charge >= 0.3 is 5.97 Å². The summed E-state index contributed by atoms with van der Waals surface area (Å²) < 4.78 is 20.6. The van der Waals surface area contributed by atoms with Crippen molar-refractivity contribution in [3.63, 3.8) is 0 Å². The Labute approximate surface area is 107 Å². The first-order chi connectivity index (χ1) is 8.53. The smallest absolute Gasteiger partial charge is 0.346 e. The highest BCUT2D eigenvalue weighted by molar-refractivity contribution is 5.96. The van der Waals surface area contributed by atoms with Gasteiger partial charge in [-0.2, -0.15) is 0 Å². The molecule has 0 spiro atoms. The van der Waals surface area contributed by atoms with Crippen molar-refractivity contribution in [2.45, 2.75) is 20.0 Å². The average molecular weight is 254 g/mol. The van der Waals surface area contributed by atoms with E-state index in [1.54, 1.807) is 26.0 Å². The first kappa shape index (κ1) is 14.2. The molecule has 1 aromatic rings. The molecule has 5 nitrogen and oxygen atoms in total. The van der Waals surface area contributed by atoms with Gasteiger partial charge in [-0.25, -0.2) is 4.79 Å². The lowest BCUT2D eigenvalue weighted by atomic mass is 10.1. The van der Waals surface area contributed by atoms with E-state index in [-0.39, 0.29) is 11.7 Å². The number of benzene rings is 1. The predicted molar refractivity (Wildman–Crippen MR) is 66.6 cm³/mol.